The zero-order chi connectivity index (χ0) is 13.3. The van der Waals surface area contributed by atoms with Gasteiger partial charge >= 0.3 is 11.9 Å². The molecule has 0 bridgehead atoms. The standard InChI is InChI=1S/C12H14N2O4/c1-3-17-11(16)12(7-13)5-4-8(2)9-6-10(15)18-14(9)12/h4,9H,3,5-6H2,1-2H3/t9-,12-/m1/s1. The van der Waals surface area contributed by atoms with E-state index in [1.54, 1.807) is 13.0 Å². The molecular formula is C12H14N2O4. The van der Waals surface area contributed by atoms with E-state index in [0.29, 0.717) is 0 Å². The third-order valence-electron chi connectivity index (χ3n) is 3.26. The lowest BCUT2D eigenvalue weighted by atomic mass is 9.87. The molecule has 0 radical (unpaired) electrons. The molecule has 96 valence electrons. The van der Waals surface area contributed by atoms with Gasteiger partial charge in [-0.25, -0.2) is 4.79 Å². The van der Waals surface area contributed by atoms with Crippen LogP contribution in [0.15, 0.2) is 11.6 Å². The van der Waals surface area contributed by atoms with Crippen LogP contribution in [0.5, 0.6) is 0 Å². The number of carbonyl (C=O) groups is 2. The summed E-state index contributed by atoms with van der Waals surface area (Å²) in [6, 6.07) is 1.59. The highest BCUT2D eigenvalue weighted by molar-refractivity contribution is 5.86. The highest BCUT2D eigenvalue weighted by Crippen LogP contribution is 2.37. The summed E-state index contributed by atoms with van der Waals surface area (Å²) in [5.74, 6) is -1.10. The van der Waals surface area contributed by atoms with Crippen LogP contribution >= 0.6 is 0 Å². The number of rotatable bonds is 2. The van der Waals surface area contributed by atoms with Crippen LogP contribution in [0, 0.1) is 11.3 Å². The van der Waals surface area contributed by atoms with Crippen molar-refractivity contribution in [3.8, 4) is 6.07 Å². The Hall–Kier alpha value is -1.87. The van der Waals surface area contributed by atoms with E-state index in [4.69, 9.17) is 9.57 Å². The zero-order valence-electron chi connectivity index (χ0n) is 10.3. The Bertz CT molecular complexity index is 465. The number of hydrogen-bond acceptors (Lipinski definition) is 6. The third-order valence-corrected chi connectivity index (χ3v) is 3.26. The molecule has 0 unspecified atom stereocenters. The molecule has 1 saturated heterocycles. The Morgan fingerprint density at radius 2 is 2.50 bits per heavy atom. The maximum absolute atomic E-state index is 12.0. The van der Waals surface area contributed by atoms with Gasteiger partial charge in [-0.1, -0.05) is 11.6 Å². The van der Waals surface area contributed by atoms with Crippen LogP contribution in [0.25, 0.3) is 0 Å². The van der Waals surface area contributed by atoms with Crippen molar-refractivity contribution >= 4 is 11.9 Å². The minimum atomic E-state index is -1.55. The highest BCUT2D eigenvalue weighted by Gasteiger charge is 2.56. The van der Waals surface area contributed by atoms with Crippen LogP contribution in [-0.2, 0) is 19.2 Å². The molecule has 6 nitrogen and oxygen atoms in total. The van der Waals surface area contributed by atoms with E-state index >= 15 is 0 Å². The minimum Gasteiger partial charge on any atom is -0.464 e. The number of carbonyl (C=O) groups excluding carboxylic acids is 2. The van der Waals surface area contributed by atoms with Gasteiger partial charge in [-0.3, -0.25) is 4.79 Å². The van der Waals surface area contributed by atoms with Crippen molar-refractivity contribution in [1.29, 1.82) is 5.26 Å². The number of nitrogens with zero attached hydrogens (tertiary/aromatic N) is 2. The van der Waals surface area contributed by atoms with E-state index < -0.39 is 17.5 Å². The van der Waals surface area contributed by atoms with E-state index in [2.05, 4.69) is 0 Å². The number of esters is 1. The van der Waals surface area contributed by atoms with Gasteiger partial charge in [-0.15, -0.1) is 5.06 Å². The molecule has 2 heterocycles. The summed E-state index contributed by atoms with van der Waals surface area (Å²) in [7, 11) is 0. The van der Waals surface area contributed by atoms with Gasteiger partial charge in [0.1, 0.15) is 6.07 Å². The van der Waals surface area contributed by atoms with Crippen LogP contribution in [0.3, 0.4) is 0 Å². The van der Waals surface area contributed by atoms with Gasteiger partial charge in [0.2, 0.25) is 5.54 Å². The van der Waals surface area contributed by atoms with Crippen molar-refractivity contribution in [2.45, 2.75) is 38.3 Å². The van der Waals surface area contributed by atoms with Gasteiger partial charge in [0.15, 0.2) is 0 Å². The predicted octanol–water partition coefficient (Wildman–Crippen LogP) is 0.694. The SMILES string of the molecule is CCOC(=O)[C@]1(C#N)CC=C(C)[C@H]2CC(=O)ON21. The second kappa shape index (κ2) is 4.42. The Kier molecular flexibility index (Phi) is 3.09. The maximum Gasteiger partial charge on any atom is 0.345 e. The maximum atomic E-state index is 12.0. The summed E-state index contributed by atoms with van der Waals surface area (Å²) in [5, 5.41) is 10.5. The number of hydrogen-bond donors (Lipinski definition) is 0. The monoisotopic (exact) mass is 250 g/mol. The Morgan fingerprint density at radius 1 is 1.78 bits per heavy atom. The largest absolute Gasteiger partial charge is 0.464 e. The van der Waals surface area contributed by atoms with Crippen molar-refractivity contribution in [2.75, 3.05) is 6.61 Å². The van der Waals surface area contributed by atoms with Crippen molar-refractivity contribution in [3.63, 3.8) is 0 Å². The lowest BCUT2D eigenvalue weighted by molar-refractivity contribution is -0.207. The van der Waals surface area contributed by atoms with Crippen molar-refractivity contribution < 1.29 is 19.2 Å². The number of fused-ring (bicyclic) bond motifs is 1. The van der Waals surface area contributed by atoms with Gasteiger partial charge in [-0.05, 0) is 13.8 Å². The molecule has 1 fully saturated rings. The Labute approximate surface area is 105 Å². The van der Waals surface area contributed by atoms with Gasteiger partial charge in [-0.2, -0.15) is 5.26 Å². The summed E-state index contributed by atoms with van der Waals surface area (Å²) in [6.07, 6.45) is 2.12. The molecule has 0 saturated carbocycles. The molecular weight excluding hydrogens is 236 g/mol. The number of nitriles is 1. The average molecular weight is 250 g/mol. The van der Waals surface area contributed by atoms with E-state index in [0.717, 1.165) is 5.57 Å². The summed E-state index contributed by atoms with van der Waals surface area (Å²) in [6.45, 7) is 3.70. The van der Waals surface area contributed by atoms with Crippen LogP contribution in [0.1, 0.15) is 26.7 Å². The smallest absolute Gasteiger partial charge is 0.345 e. The van der Waals surface area contributed by atoms with Gasteiger partial charge in [0.25, 0.3) is 0 Å². The topological polar surface area (TPSA) is 79.6 Å². The van der Waals surface area contributed by atoms with Crippen LogP contribution < -0.4 is 0 Å². The molecule has 18 heavy (non-hydrogen) atoms. The fourth-order valence-corrected chi connectivity index (χ4v) is 2.24. The molecule has 0 aromatic heterocycles. The number of hydroxylamine groups is 2. The van der Waals surface area contributed by atoms with E-state index in [1.807, 2.05) is 13.0 Å². The molecule has 0 N–H and O–H groups in total. The molecule has 0 aromatic rings. The first-order valence-corrected chi connectivity index (χ1v) is 5.80. The fraction of sp³-hybridized carbons (Fsp3) is 0.583. The first-order valence-electron chi connectivity index (χ1n) is 5.80. The second-order valence-electron chi connectivity index (χ2n) is 4.35. The van der Waals surface area contributed by atoms with Crippen LogP contribution in [0.4, 0.5) is 0 Å². The number of ether oxygens (including phenoxy) is 1. The molecule has 0 aliphatic carbocycles. The first kappa shape index (κ1) is 12.6. The summed E-state index contributed by atoms with van der Waals surface area (Å²) in [4.78, 5) is 28.4. The minimum absolute atomic E-state index is 0.158. The molecule has 2 rings (SSSR count). The lowest BCUT2D eigenvalue weighted by Gasteiger charge is -2.37. The molecule has 2 aliphatic heterocycles. The van der Waals surface area contributed by atoms with E-state index in [9.17, 15) is 14.9 Å². The fourth-order valence-electron chi connectivity index (χ4n) is 2.24. The Morgan fingerprint density at radius 3 is 3.11 bits per heavy atom. The molecule has 2 atom stereocenters. The van der Waals surface area contributed by atoms with Gasteiger partial charge in [0.05, 0.1) is 19.1 Å². The molecule has 0 spiro atoms. The molecule has 2 aliphatic rings. The normalized spacial score (nSPS) is 31.1. The molecule has 0 amide bonds. The van der Waals surface area contributed by atoms with Crippen LogP contribution in [0.2, 0.25) is 0 Å². The van der Waals surface area contributed by atoms with Gasteiger partial charge < -0.3 is 9.57 Å². The van der Waals surface area contributed by atoms with Crippen LogP contribution in [-0.4, -0.2) is 35.2 Å². The first-order chi connectivity index (χ1) is 8.55. The molecule has 6 heteroatoms. The third kappa shape index (κ3) is 1.68. The van der Waals surface area contributed by atoms with E-state index in [-0.39, 0.29) is 25.5 Å². The quantitative estimate of drug-likeness (QED) is 0.530. The summed E-state index contributed by atoms with van der Waals surface area (Å²) < 4.78 is 4.93. The average Bonchev–Trinajstić information content (AvgIpc) is 2.73. The second-order valence-corrected chi connectivity index (χ2v) is 4.35. The zero-order valence-corrected chi connectivity index (χ0v) is 10.3. The highest BCUT2D eigenvalue weighted by atomic mass is 16.7. The summed E-state index contributed by atoms with van der Waals surface area (Å²) in [5.41, 5.74) is -0.622. The van der Waals surface area contributed by atoms with Crippen molar-refractivity contribution in [3.05, 3.63) is 11.6 Å². The van der Waals surface area contributed by atoms with Crippen molar-refractivity contribution in [2.24, 2.45) is 0 Å². The summed E-state index contributed by atoms with van der Waals surface area (Å²) >= 11 is 0. The molecule has 0 aromatic carbocycles. The Balaban J connectivity index is 2.40. The predicted molar refractivity (Wildman–Crippen MR) is 59.7 cm³/mol. The van der Waals surface area contributed by atoms with E-state index in [1.165, 1.54) is 5.06 Å². The lowest BCUT2D eigenvalue weighted by Crippen LogP contribution is -2.57. The van der Waals surface area contributed by atoms with Gasteiger partial charge in [0, 0.05) is 6.42 Å². The van der Waals surface area contributed by atoms with Crippen molar-refractivity contribution in [1.82, 2.24) is 5.06 Å².